The highest BCUT2D eigenvalue weighted by molar-refractivity contribution is 9.10. The number of anilines is 4. The molecule has 0 amide bonds. The third-order valence-corrected chi connectivity index (χ3v) is 6.08. The van der Waals surface area contributed by atoms with Crippen molar-refractivity contribution in [3.63, 3.8) is 0 Å². The summed E-state index contributed by atoms with van der Waals surface area (Å²) in [7, 11) is 3.67. The number of nitriles is 1. The Bertz CT molecular complexity index is 1370. The van der Waals surface area contributed by atoms with E-state index in [1.54, 1.807) is 7.11 Å². The summed E-state index contributed by atoms with van der Waals surface area (Å²) >= 11 is 3.53. The van der Waals surface area contributed by atoms with E-state index in [0.29, 0.717) is 5.56 Å². The maximum atomic E-state index is 9.39. The zero-order valence-corrected chi connectivity index (χ0v) is 20.9. The van der Waals surface area contributed by atoms with Gasteiger partial charge in [0.15, 0.2) is 0 Å². The lowest BCUT2D eigenvalue weighted by Gasteiger charge is -2.30. The number of methoxy groups -OCH3 is 1. The predicted octanol–water partition coefficient (Wildman–Crippen LogP) is 6.81. The summed E-state index contributed by atoms with van der Waals surface area (Å²) in [4.78, 5) is 7.12. The lowest BCUT2D eigenvalue weighted by atomic mass is 10.1. The van der Waals surface area contributed by atoms with Crippen LogP contribution in [-0.2, 0) is 7.05 Å². The van der Waals surface area contributed by atoms with Crippen molar-refractivity contribution >= 4 is 50.0 Å². The van der Waals surface area contributed by atoms with Gasteiger partial charge in [0, 0.05) is 23.2 Å². The van der Waals surface area contributed by atoms with Crippen LogP contribution in [0, 0.1) is 18.3 Å². The van der Waals surface area contributed by atoms with Crippen molar-refractivity contribution < 1.29 is 4.74 Å². The largest absolute Gasteiger partial charge is 0.495 e. The van der Waals surface area contributed by atoms with Gasteiger partial charge in [0.2, 0.25) is 5.95 Å². The van der Waals surface area contributed by atoms with E-state index in [9.17, 15) is 5.26 Å². The number of para-hydroxylation sites is 1. The van der Waals surface area contributed by atoms with Gasteiger partial charge in [-0.1, -0.05) is 28.1 Å². The summed E-state index contributed by atoms with van der Waals surface area (Å²) in [5.41, 5.74) is 6.44. The number of hydrogen-bond acceptors (Lipinski definition) is 5. The van der Waals surface area contributed by atoms with Crippen LogP contribution in [0.25, 0.3) is 11.0 Å². The number of halogens is 1. The van der Waals surface area contributed by atoms with Crippen LogP contribution in [0.3, 0.4) is 0 Å². The average Bonchev–Trinajstić information content (AvgIpc) is 3.11. The Labute approximate surface area is 202 Å². The fourth-order valence-electron chi connectivity index (χ4n) is 4.14. The van der Waals surface area contributed by atoms with Crippen LogP contribution >= 0.6 is 15.9 Å². The number of aryl methyl sites for hydroxylation is 2. The summed E-state index contributed by atoms with van der Waals surface area (Å²) in [5.74, 6) is 1.46. The first-order chi connectivity index (χ1) is 15.8. The van der Waals surface area contributed by atoms with Crippen molar-refractivity contribution in [3.05, 3.63) is 70.2 Å². The van der Waals surface area contributed by atoms with E-state index in [1.807, 2.05) is 62.5 Å². The molecule has 168 valence electrons. The van der Waals surface area contributed by atoms with Gasteiger partial charge in [-0.25, -0.2) is 4.98 Å². The Morgan fingerprint density at radius 3 is 2.61 bits per heavy atom. The monoisotopic (exact) mass is 503 g/mol. The van der Waals surface area contributed by atoms with E-state index in [1.165, 1.54) is 0 Å². The second-order valence-electron chi connectivity index (χ2n) is 8.19. The third kappa shape index (κ3) is 4.27. The molecule has 6 nitrogen and oxygen atoms in total. The normalized spacial score (nSPS) is 11.0. The zero-order chi connectivity index (χ0) is 23.7. The number of nitrogens with one attached hydrogen (secondary N) is 1. The smallest absolute Gasteiger partial charge is 0.208 e. The van der Waals surface area contributed by atoms with E-state index >= 15 is 0 Å². The van der Waals surface area contributed by atoms with Gasteiger partial charge in [-0.2, -0.15) is 5.26 Å². The summed E-state index contributed by atoms with van der Waals surface area (Å²) in [6.45, 7) is 6.32. The van der Waals surface area contributed by atoms with Crippen molar-refractivity contribution in [2.45, 2.75) is 26.8 Å². The number of ether oxygens (including phenoxy) is 1. The minimum Gasteiger partial charge on any atom is -0.495 e. The van der Waals surface area contributed by atoms with Crippen LogP contribution in [0.4, 0.5) is 23.0 Å². The van der Waals surface area contributed by atoms with Gasteiger partial charge in [-0.05, 0) is 68.8 Å². The quantitative estimate of drug-likeness (QED) is 0.312. The van der Waals surface area contributed by atoms with Crippen LogP contribution in [-0.4, -0.2) is 22.7 Å². The van der Waals surface area contributed by atoms with Crippen molar-refractivity contribution in [2.75, 3.05) is 17.3 Å². The Morgan fingerprint density at radius 2 is 1.91 bits per heavy atom. The third-order valence-electron chi connectivity index (χ3n) is 5.62. The standard InChI is InChI=1S/C26H26BrN5O/c1-16(2)32(20-9-6-8-18(13-20)15-28)22-11-7-10-21-25(22)31(4)26(29-21)30-24-17(3)12-19(27)14-23(24)33-5/h6-14,16H,1-5H3,(H,29,30). The van der Waals surface area contributed by atoms with E-state index in [-0.39, 0.29) is 6.04 Å². The highest BCUT2D eigenvalue weighted by Crippen LogP contribution is 2.38. The molecule has 0 unspecified atom stereocenters. The molecule has 0 aliphatic heterocycles. The van der Waals surface area contributed by atoms with E-state index in [2.05, 4.69) is 56.7 Å². The van der Waals surface area contributed by atoms with E-state index < -0.39 is 0 Å². The first kappa shape index (κ1) is 22.7. The first-order valence-electron chi connectivity index (χ1n) is 10.7. The van der Waals surface area contributed by atoms with Gasteiger partial charge in [0.25, 0.3) is 0 Å². The second kappa shape index (κ2) is 9.16. The summed E-state index contributed by atoms with van der Waals surface area (Å²) in [6.07, 6.45) is 0. The topological polar surface area (TPSA) is 66.1 Å². The molecule has 3 aromatic carbocycles. The van der Waals surface area contributed by atoms with Gasteiger partial charge in [0.05, 0.1) is 41.2 Å². The molecule has 1 heterocycles. The van der Waals surface area contributed by atoms with E-state index in [4.69, 9.17) is 9.72 Å². The molecular weight excluding hydrogens is 478 g/mol. The Balaban J connectivity index is 1.86. The molecule has 0 bridgehead atoms. The number of nitrogens with zero attached hydrogens (tertiary/aromatic N) is 4. The van der Waals surface area contributed by atoms with Crippen LogP contribution in [0.2, 0.25) is 0 Å². The van der Waals surface area contributed by atoms with Crippen molar-refractivity contribution in [1.82, 2.24) is 9.55 Å². The molecule has 7 heteroatoms. The van der Waals surface area contributed by atoms with Gasteiger partial charge in [-0.15, -0.1) is 0 Å². The van der Waals surface area contributed by atoms with Crippen molar-refractivity contribution in [2.24, 2.45) is 7.05 Å². The molecule has 0 aliphatic rings. The zero-order valence-electron chi connectivity index (χ0n) is 19.3. The number of imidazole rings is 1. The average molecular weight is 504 g/mol. The van der Waals surface area contributed by atoms with Crippen molar-refractivity contribution in [1.29, 1.82) is 5.26 Å². The molecule has 0 spiro atoms. The van der Waals surface area contributed by atoms with Crippen LogP contribution < -0.4 is 15.0 Å². The highest BCUT2D eigenvalue weighted by Gasteiger charge is 2.21. The van der Waals surface area contributed by atoms with Gasteiger partial charge < -0.3 is 19.5 Å². The number of fused-ring (bicyclic) bond motifs is 1. The van der Waals surface area contributed by atoms with Crippen molar-refractivity contribution in [3.8, 4) is 11.8 Å². The predicted molar refractivity (Wildman–Crippen MR) is 138 cm³/mol. The molecule has 0 radical (unpaired) electrons. The molecule has 4 rings (SSSR count). The number of aromatic nitrogens is 2. The Kier molecular flexibility index (Phi) is 6.30. The second-order valence-corrected chi connectivity index (χ2v) is 9.11. The number of rotatable bonds is 6. The fourth-order valence-corrected chi connectivity index (χ4v) is 4.69. The highest BCUT2D eigenvalue weighted by atomic mass is 79.9. The molecule has 1 N–H and O–H groups in total. The van der Waals surface area contributed by atoms with Crippen LogP contribution in [0.15, 0.2) is 59.1 Å². The number of hydrogen-bond donors (Lipinski definition) is 1. The maximum absolute atomic E-state index is 9.39. The molecule has 0 saturated heterocycles. The first-order valence-corrected chi connectivity index (χ1v) is 11.5. The lowest BCUT2D eigenvalue weighted by molar-refractivity contribution is 0.416. The molecular formula is C26H26BrN5O. The molecule has 33 heavy (non-hydrogen) atoms. The van der Waals surface area contributed by atoms with Gasteiger partial charge in [-0.3, -0.25) is 0 Å². The molecule has 1 aromatic heterocycles. The molecule has 0 fully saturated rings. The molecule has 4 aromatic rings. The Hall–Kier alpha value is -3.50. The lowest BCUT2D eigenvalue weighted by Crippen LogP contribution is -2.26. The van der Waals surface area contributed by atoms with E-state index in [0.717, 1.165) is 49.8 Å². The summed E-state index contributed by atoms with van der Waals surface area (Å²) in [6, 6.07) is 20.2. The fraction of sp³-hybridized carbons (Fsp3) is 0.231. The minimum absolute atomic E-state index is 0.171. The summed E-state index contributed by atoms with van der Waals surface area (Å²) < 4.78 is 8.63. The molecule has 0 atom stereocenters. The maximum Gasteiger partial charge on any atom is 0.208 e. The minimum atomic E-state index is 0.171. The van der Waals surface area contributed by atoms with Gasteiger partial charge >= 0.3 is 0 Å². The Morgan fingerprint density at radius 1 is 1.15 bits per heavy atom. The molecule has 0 aliphatic carbocycles. The summed E-state index contributed by atoms with van der Waals surface area (Å²) in [5, 5.41) is 12.9. The van der Waals surface area contributed by atoms with Crippen LogP contribution in [0.5, 0.6) is 5.75 Å². The molecule has 0 saturated carbocycles. The van der Waals surface area contributed by atoms with Gasteiger partial charge in [0.1, 0.15) is 5.75 Å². The van der Waals surface area contributed by atoms with Crippen LogP contribution in [0.1, 0.15) is 25.0 Å². The number of benzene rings is 3. The SMILES string of the molecule is COc1cc(Br)cc(C)c1Nc1nc2cccc(N(c3cccc(C#N)c3)C(C)C)c2n1C.